The summed E-state index contributed by atoms with van der Waals surface area (Å²) in [6, 6.07) is 63.4. The third-order valence-corrected chi connectivity index (χ3v) is 10.6. The second-order valence-corrected chi connectivity index (χ2v) is 14.0. The van der Waals surface area contributed by atoms with E-state index >= 15 is 0 Å². The highest BCUT2D eigenvalue weighted by atomic mass is 15.1. The number of fused-ring (bicyclic) bond motifs is 8. The summed E-state index contributed by atoms with van der Waals surface area (Å²) in [5, 5.41) is 24.4. The molecule has 0 saturated carbocycles. The Balaban J connectivity index is 1.25. The predicted molar refractivity (Wildman–Crippen MR) is 218 cm³/mol. The number of hydrogen-bond acceptors (Lipinski definition) is 4. The van der Waals surface area contributed by atoms with Crippen LogP contribution in [0.2, 0.25) is 0 Å². The van der Waals surface area contributed by atoms with Crippen LogP contribution in [0.3, 0.4) is 0 Å². The van der Waals surface area contributed by atoms with Gasteiger partial charge in [-0.25, -0.2) is 0 Å². The first-order valence-electron chi connectivity index (χ1n) is 17.8. The number of para-hydroxylation sites is 2. The van der Waals surface area contributed by atoms with Gasteiger partial charge in [0.05, 0.1) is 23.3 Å². The highest BCUT2D eigenvalue weighted by molar-refractivity contribution is 6.19. The molecule has 0 radical (unpaired) electrons. The molecule has 0 heterocycles. The second kappa shape index (κ2) is 12.6. The van der Waals surface area contributed by atoms with Crippen molar-refractivity contribution in [2.45, 2.75) is 19.3 Å². The maximum absolute atomic E-state index is 9.76. The molecular weight excluding hydrogens is 645 g/mol. The summed E-state index contributed by atoms with van der Waals surface area (Å²) in [6.45, 7) is 4.69. The molecule has 9 rings (SSSR count). The Morgan fingerprint density at radius 2 is 0.906 bits per heavy atom. The minimum absolute atomic E-state index is 0.318. The summed E-state index contributed by atoms with van der Waals surface area (Å²) in [6.07, 6.45) is 0. The highest BCUT2D eigenvalue weighted by Crippen LogP contribution is 2.56. The Kier molecular flexibility index (Phi) is 7.54. The molecule has 250 valence electrons. The van der Waals surface area contributed by atoms with Gasteiger partial charge in [-0.05, 0) is 129 Å². The third kappa shape index (κ3) is 5.20. The maximum Gasteiger partial charge on any atom is 0.0992 e. The number of rotatable bonds is 6. The lowest BCUT2D eigenvalue weighted by Gasteiger charge is -2.29. The fraction of sp³-hybridized carbons (Fsp3) is 0.0612. The minimum Gasteiger partial charge on any atom is -0.310 e. The zero-order chi connectivity index (χ0) is 36.1. The van der Waals surface area contributed by atoms with E-state index in [0.29, 0.717) is 11.1 Å². The van der Waals surface area contributed by atoms with Crippen LogP contribution in [-0.2, 0) is 5.41 Å². The van der Waals surface area contributed by atoms with Gasteiger partial charge in [0.25, 0.3) is 0 Å². The zero-order valence-corrected chi connectivity index (χ0v) is 29.5. The molecule has 1 aliphatic carbocycles. The number of nitrogens with zero attached hydrogens (tertiary/aromatic N) is 4. The maximum atomic E-state index is 9.76. The van der Waals surface area contributed by atoms with Crippen LogP contribution >= 0.6 is 0 Å². The van der Waals surface area contributed by atoms with Crippen molar-refractivity contribution in [3.05, 3.63) is 192 Å². The summed E-state index contributed by atoms with van der Waals surface area (Å²) in [7, 11) is 0. The Hall–Kier alpha value is -7.14. The summed E-state index contributed by atoms with van der Waals surface area (Å²) < 4.78 is 0. The molecule has 4 nitrogen and oxygen atoms in total. The molecule has 0 atom stereocenters. The molecule has 0 fully saturated rings. The van der Waals surface area contributed by atoms with Crippen LogP contribution in [0.15, 0.2) is 170 Å². The van der Waals surface area contributed by atoms with Crippen LogP contribution in [0.5, 0.6) is 0 Å². The van der Waals surface area contributed by atoms with Crippen molar-refractivity contribution < 1.29 is 0 Å². The average molecular weight is 679 g/mol. The zero-order valence-electron chi connectivity index (χ0n) is 29.5. The lowest BCUT2D eigenvalue weighted by atomic mass is 9.79. The van der Waals surface area contributed by atoms with Crippen LogP contribution in [0.4, 0.5) is 34.1 Å². The Morgan fingerprint density at radius 1 is 0.415 bits per heavy atom. The third-order valence-electron chi connectivity index (χ3n) is 10.6. The van der Waals surface area contributed by atoms with Crippen LogP contribution in [0, 0.1) is 22.7 Å². The summed E-state index contributed by atoms with van der Waals surface area (Å²) in [5.41, 5.74) is 12.0. The van der Waals surface area contributed by atoms with Crippen molar-refractivity contribution in [2.75, 3.05) is 9.80 Å². The molecule has 0 N–H and O–H groups in total. The van der Waals surface area contributed by atoms with E-state index in [1.54, 1.807) is 0 Å². The summed E-state index contributed by atoms with van der Waals surface area (Å²) in [5.74, 6) is 0. The fourth-order valence-electron chi connectivity index (χ4n) is 8.27. The summed E-state index contributed by atoms with van der Waals surface area (Å²) >= 11 is 0. The van der Waals surface area contributed by atoms with E-state index in [-0.39, 0.29) is 5.41 Å². The first kappa shape index (κ1) is 31.8. The van der Waals surface area contributed by atoms with E-state index in [0.717, 1.165) is 34.1 Å². The molecule has 0 aliphatic heterocycles. The molecule has 0 unspecified atom stereocenters. The van der Waals surface area contributed by atoms with E-state index in [1.165, 1.54) is 43.8 Å². The molecule has 8 aromatic rings. The first-order chi connectivity index (χ1) is 26.0. The Morgan fingerprint density at radius 3 is 1.49 bits per heavy atom. The van der Waals surface area contributed by atoms with E-state index < -0.39 is 0 Å². The SMILES string of the molecule is CC1(C)c2cc(N(c3ccccc3)c3cccc(C#N)c3)ccc2-c2c1c1ccc(N(c3ccccc3)c3cccc(C#N)c3)cc1c1ccccc21. The van der Waals surface area contributed by atoms with Gasteiger partial charge in [-0.15, -0.1) is 0 Å². The quantitative estimate of drug-likeness (QED) is 0.164. The van der Waals surface area contributed by atoms with Crippen molar-refractivity contribution in [3.63, 3.8) is 0 Å². The molecule has 0 bridgehead atoms. The second-order valence-electron chi connectivity index (χ2n) is 14.0. The minimum atomic E-state index is -0.318. The Bertz CT molecular complexity index is 2790. The smallest absolute Gasteiger partial charge is 0.0992 e. The number of benzene rings is 8. The van der Waals surface area contributed by atoms with Gasteiger partial charge >= 0.3 is 0 Å². The predicted octanol–water partition coefficient (Wildman–Crippen LogP) is 13.0. The standard InChI is InChI=1S/C49H34N4/c1-49(2)46-30-40(53(36-17-7-4-8-18-36)38-20-12-14-34(28-38)32-51)24-26-44(46)47-42-22-10-9-21-41(42)45-29-39(23-25-43(45)48(47)49)52(35-15-5-3-6-16-35)37-19-11-13-33(27-37)31-50/h3-30H,1-2H3. The van der Waals surface area contributed by atoms with Crippen LogP contribution in [-0.4, -0.2) is 0 Å². The molecular formula is C49H34N4. The van der Waals surface area contributed by atoms with Crippen molar-refractivity contribution in [1.29, 1.82) is 10.5 Å². The van der Waals surface area contributed by atoms with Gasteiger partial charge < -0.3 is 9.80 Å². The summed E-state index contributed by atoms with van der Waals surface area (Å²) in [4.78, 5) is 4.47. The van der Waals surface area contributed by atoms with Crippen molar-refractivity contribution >= 4 is 55.7 Å². The van der Waals surface area contributed by atoms with E-state index in [1.807, 2.05) is 60.7 Å². The van der Waals surface area contributed by atoms with Gasteiger partial charge in [-0.2, -0.15) is 10.5 Å². The van der Waals surface area contributed by atoms with E-state index in [2.05, 4.69) is 145 Å². The lowest BCUT2D eigenvalue weighted by Crippen LogP contribution is -2.17. The topological polar surface area (TPSA) is 54.1 Å². The molecule has 0 amide bonds. The molecule has 4 heteroatoms. The average Bonchev–Trinajstić information content (AvgIpc) is 3.45. The normalized spacial score (nSPS) is 12.5. The van der Waals surface area contributed by atoms with Crippen molar-refractivity contribution in [1.82, 2.24) is 0 Å². The van der Waals surface area contributed by atoms with Gasteiger partial charge in [0.2, 0.25) is 0 Å². The van der Waals surface area contributed by atoms with Gasteiger partial charge in [0.1, 0.15) is 0 Å². The van der Waals surface area contributed by atoms with Crippen molar-refractivity contribution in [2.24, 2.45) is 0 Å². The number of anilines is 6. The largest absolute Gasteiger partial charge is 0.310 e. The first-order valence-corrected chi connectivity index (χ1v) is 17.8. The highest BCUT2D eigenvalue weighted by Gasteiger charge is 2.39. The van der Waals surface area contributed by atoms with E-state index in [9.17, 15) is 10.5 Å². The molecule has 0 aromatic heterocycles. The van der Waals surface area contributed by atoms with Crippen LogP contribution in [0.1, 0.15) is 36.1 Å². The van der Waals surface area contributed by atoms with Gasteiger partial charge in [0.15, 0.2) is 0 Å². The molecule has 1 aliphatic rings. The van der Waals surface area contributed by atoms with Crippen LogP contribution in [0.25, 0.3) is 32.7 Å². The molecule has 53 heavy (non-hydrogen) atoms. The molecule has 0 spiro atoms. The van der Waals surface area contributed by atoms with Gasteiger partial charge in [0, 0.05) is 39.5 Å². The monoisotopic (exact) mass is 678 g/mol. The number of nitriles is 2. The van der Waals surface area contributed by atoms with Gasteiger partial charge in [-0.1, -0.05) is 98.8 Å². The molecule has 0 saturated heterocycles. The van der Waals surface area contributed by atoms with E-state index in [4.69, 9.17) is 0 Å². The van der Waals surface area contributed by atoms with Gasteiger partial charge in [-0.3, -0.25) is 0 Å². The Labute approximate surface area is 309 Å². The fourth-order valence-corrected chi connectivity index (χ4v) is 8.27. The van der Waals surface area contributed by atoms with Crippen LogP contribution < -0.4 is 9.80 Å². The molecule has 8 aromatic carbocycles. The number of hydrogen-bond donors (Lipinski definition) is 0. The lowest BCUT2D eigenvalue weighted by molar-refractivity contribution is 0.666. The van der Waals surface area contributed by atoms with Crippen molar-refractivity contribution in [3.8, 4) is 23.3 Å².